The van der Waals surface area contributed by atoms with E-state index < -0.39 is 18.6 Å². The molecule has 1 amide bonds. The quantitative estimate of drug-likeness (QED) is 0.700. The van der Waals surface area contributed by atoms with Crippen molar-refractivity contribution in [3.8, 4) is 0 Å². The molecule has 0 saturated heterocycles. The van der Waals surface area contributed by atoms with E-state index in [1.807, 2.05) is 31.2 Å². The van der Waals surface area contributed by atoms with E-state index in [-0.39, 0.29) is 12.1 Å². The lowest BCUT2D eigenvalue weighted by atomic mass is 10.1. The van der Waals surface area contributed by atoms with Crippen molar-refractivity contribution in [3.05, 3.63) is 65.5 Å². The Labute approximate surface area is 148 Å². The van der Waals surface area contributed by atoms with Crippen molar-refractivity contribution in [2.24, 2.45) is 0 Å². The number of hydrogen-bond acceptors (Lipinski definition) is 3. The monoisotopic (exact) mass is 362 g/mol. The Morgan fingerprint density at radius 3 is 2.58 bits per heavy atom. The van der Waals surface area contributed by atoms with Gasteiger partial charge in [-0.15, -0.1) is 0 Å². The van der Waals surface area contributed by atoms with Crippen LogP contribution in [0.2, 0.25) is 0 Å². The first-order valence-corrected chi connectivity index (χ1v) is 8.04. The van der Waals surface area contributed by atoms with Gasteiger partial charge in [-0.2, -0.15) is 28.0 Å². The molecule has 0 aliphatic carbocycles. The van der Waals surface area contributed by atoms with Crippen molar-refractivity contribution < 1.29 is 18.0 Å². The number of halogens is 3. The minimum absolute atomic E-state index is 0.0427. The molecule has 0 atom stereocenters. The minimum atomic E-state index is -4.48. The molecule has 0 aliphatic rings. The molecule has 0 aliphatic heterocycles. The standard InChI is InChI=1S/C18H17F3N4O/c1-13-4-6-14(7-5-13)8-10-24(12-18(19,20)21)17(26)15-11-23-25-16(15)3-2-9-22-25/h2-7,9,11H,8,10,12H2,1H3. The fourth-order valence-electron chi connectivity index (χ4n) is 2.66. The van der Waals surface area contributed by atoms with Gasteiger partial charge >= 0.3 is 6.18 Å². The van der Waals surface area contributed by atoms with Crippen molar-refractivity contribution in [2.75, 3.05) is 13.1 Å². The molecule has 0 spiro atoms. The molecule has 5 nitrogen and oxygen atoms in total. The van der Waals surface area contributed by atoms with Gasteiger partial charge in [-0.25, -0.2) is 0 Å². The molecule has 1 aromatic carbocycles. The zero-order valence-electron chi connectivity index (χ0n) is 14.1. The SMILES string of the molecule is Cc1ccc(CCN(CC(F)(F)F)C(=O)c2cnn3ncccc23)cc1. The van der Waals surface area contributed by atoms with Crippen molar-refractivity contribution in [3.63, 3.8) is 0 Å². The molecule has 3 rings (SSSR count). The normalized spacial score (nSPS) is 11.7. The van der Waals surface area contributed by atoms with Gasteiger partial charge in [0.1, 0.15) is 12.1 Å². The fraction of sp³-hybridized carbons (Fsp3) is 0.278. The van der Waals surface area contributed by atoms with E-state index in [2.05, 4.69) is 10.2 Å². The number of aromatic nitrogens is 3. The Bertz CT molecular complexity index is 903. The molecule has 0 unspecified atom stereocenters. The smallest absolute Gasteiger partial charge is 0.329 e. The van der Waals surface area contributed by atoms with Crippen LogP contribution in [0, 0.1) is 6.92 Å². The highest BCUT2D eigenvalue weighted by Gasteiger charge is 2.34. The Balaban J connectivity index is 1.83. The topological polar surface area (TPSA) is 50.5 Å². The number of hydrogen-bond donors (Lipinski definition) is 0. The van der Waals surface area contributed by atoms with Crippen LogP contribution in [0.1, 0.15) is 21.5 Å². The maximum atomic E-state index is 13.0. The summed E-state index contributed by atoms with van der Waals surface area (Å²) in [5.41, 5.74) is 2.42. The van der Waals surface area contributed by atoms with Gasteiger partial charge in [0.15, 0.2) is 0 Å². The first-order chi connectivity index (χ1) is 12.3. The number of carbonyl (C=O) groups is 1. The zero-order chi connectivity index (χ0) is 18.7. The van der Waals surface area contributed by atoms with E-state index >= 15 is 0 Å². The lowest BCUT2D eigenvalue weighted by molar-refractivity contribution is -0.140. The van der Waals surface area contributed by atoms with E-state index in [1.54, 1.807) is 12.1 Å². The van der Waals surface area contributed by atoms with Crippen LogP contribution in [0.5, 0.6) is 0 Å². The number of amides is 1. The summed E-state index contributed by atoms with van der Waals surface area (Å²) in [7, 11) is 0. The fourth-order valence-corrected chi connectivity index (χ4v) is 2.66. The zero-order valence-corrected chi connectivity index (χ0v) is 14.1. The van der Waals surface area contributed by atoms with Gasteiger partial charge in [0.05, 0.1) is 11.8 Å². The van der Waals surface area contributed by atoms with Crippen LogP contribution in [0.25, 0.3) is 5.52 Å². The Morgan fingerprint density at radius 1 is 1.15 bits per heavy atom. The highest BCUT2D eigenvalue weighted by Crippen LogP contribution is 2.20. The van der Waals surface area contributed by atoms with Crippen LogP contribution in [-0.2, 0) is 6.42 Å². The largest absolute Gasteiger partial charge is 0.406 e. The summed E-state index contributed by atoms with van der Waals surface area (Å²) in [5, 5.41) is 7.86. The molecule has 0 bridgehead atoms. The predicted molar refractivity (Wildman–Crippen MR) is 89.8 cm³/mol. The second kappa shape index (κ2) is 7.15. The number of rotatable bonds is 5. The van der Waals surface area contributed by atoms with E-state index in [9.17, 15) is 18.0 Å². The van der Waals surface area contributed by atoms with Gasteiger partial charge in [0.25, 0.3) is 5.91 Å². The average molecular weight is 362 g/mol. The molecule has 0 fully saturated rings. The molecule has 136 valence electrons. The molecule has 2 heterocycles. The van der Waals surface area contributed by atoms with Crippen molar-refractivity contribution in [1.29, 1.82) is 0 Å². The van der Waals surface area contributed by atoms with Crippen LogP contribution in [0.15, 0.2) is 48.8 Å². The third-order valence-corrected chi connectivity index (χ3v) is 3.98. The van der Waals surface area contributed by atoms with E-state index in [0.29, 0.717) is 11.9 Å². The van der Waals surface area contributed by atoms with E-state index in [1.165, 1.54) is 17.0 Å². The number of fused-ring (bicyclic) bond motifs is 1. The van der Waals surface area contributed by atoms with E-state index in [4.69, 9.17) is 0 Å². The summed E-state index contributed by atoms with van der Waals surface area (Å²) < 4.78 is 40.1. The third-order valence-electron chi connectivity index (χ3n) is 3.98. The Morgan fingerprint density at radius 2 is 1.88 bits per heavy atom. The van der Waals surface area contributed by atoms with E-state index in [0.717, 1.165) is 16.0 Å². The van der Waals surface area contributed by atoms with Crippen LogP contribution >= 0.6 is 0 Å². The lowest BCUT2D eigenvalue weighted by Crippen LogP contribution is -2.40. The van der Waals surface area contributed by atoms with Crippen molar-refractivity contribution in [2.45, 2.75) is 19.5 Å². The van der Waals surface area contributed by atoms with Gasteiger partial charge in [-0.3, -0.25) is 4.79 Å². The highest BCUT2D eigenvalue weighted by molar-refractivity contribution is 6.00. The first kappa shape index (κ1) is 17.9. The molecule has 26 heavy (non-hydrogen) atoms. The van der Waals surface area contributed by atoms with Crippen molar-refractivity contribution in [1.82, 2.24) is 19.7 Å². The third kappa shape index (κ3) is 4.19. The summed E-state index contributed by atoms with van der Waals surface area (Å²) in [6.07, 6.45) is -1.41. The number of carbonyl (C=O) groups excluding carboxylic acids is 1. The van der Waals surface area contributed by atoms with Crippen LogP contribution in [0.4, 0.5) is 13.2 Å². The number of benzene rings is 1. The lowest BCUT2D eigenvalue weighted by Gasteiger charge is -2.23. The summed E-state index contributed by atoms with van der Waals surface area (Å²) in [4.78, 5) is 13.5. The van der Waals surface area contributed by atoms with Gasteiger partial charge < -0.3 is 4.90 Å². The first-order valence-electron chi connectivity index (χ1n) is 8.04. The van der Waals surface area contributed by atoms with Gasteiger partial charge in [-0.05, 0) is 31.0 Å². The van der Waals surface area contributed by atoms with Gasteiger partial charge in [0, 0.05) is 12.7 Å². The summed E-state index contributed by atoms with van der Waals surface area (Å²) in [6.45, 7) is 0.580. The molecule has 2 aromatic heterocycles. The van der Waals surface area contributed by atoms with Crippen LogP contribution in [0.3, 0.4) is 0 Å². The van der Waals surface area contributed by atoms with Crippen molar-refractivity contribution >= 4 is 11.4 Å². The number of alkyl halides is 3. The maximum absolute atomic E-state index is 13.0. The maximum Gasteiger partial charge on any atom is 0.406 e. The summed E-state index contributed by atoms with van der Waals surface area (Å²) >= 11 is 0. The molecule has 0 N–H and O–H groups in total. The number of aryl methyl sites for hydroxylation is 1. The summed E-state index contributed by atoms with van der Waals surface area (Å²) in [5.74, 6) is -0.711. The molecule has 8 heteroatoms. The molecule has 3 aromatic rings. The average Bonchev–Trinajstić information content (AvgIpc) is 3.02. The second-order valence-corrected chi connectivity index (χ2v) is 6.03. The summed E-state index contributed by atoms with van der Waals surface area (Å²) in [6, 6.07) is 10.7. The number of nitrogens with zero attached hydrogens (tertiary/aromatic N) is 4. The van der Waals surface area contributed by atoms with Gasteiger partial charge in [0.2, 0.25) is 0 Å². The van der Waals surface area contributed by atoms with Crippen LogP contribution in [-0.4, -0.2) is 44.9 Å². The highest BCUT2D eigenvalue weighted by atomic mass is 19.4. The molecule has 0 saturated carbocycles. The van der Waals surface area contributed by atoms with Crippen LogP contribution < -0.4 is 0 Å². The molecule has 0 radical (unpaired) electrons. The predicted octanol–water partition coefficient (Wildman–Crippen LogP) is 3.28. The minimum Gasteiger partial charge on any atom is -0.329 e. The molecular weight excluding hydrogens is 345 g/mol. The Kier molecular flexibility index (Phi) is 4.92. The molecular formula is C18H17F3N4O. The second-order valence-electron chi connectivity index (χ2n) is 6.03. The Hall–Kier alpha value is -2.90. The van der Waals surface area contributed by atoms with Gasteiger partial charge in [-0.1, -0.05) is 29.8 Å².